The number of rotatable bonds is 7. The normalized spacial score (nSPS) is 11.2. The van der Waals surface area contributed by atoms with Gasteiger partial charge in [0.25, 0.3) is 0 Å². The van der Waals surface area contributed by atoms with Gasteiger partial charge in [-0.2, -0.15) is 5.10 Å². The van der Waals surface area contributed by atoms with Crippen LogP contribution in [0.1, 0.15) is 11.1 Å². The summed E-state index contributed by atoms with van der Waals surface area (Å²) in [6, 6.07) is 16.0. The molecule has 3 aromatic rings. The van der Waals surface area contributed by atoms with Gasteiger partial charge in [0.15, 0.2) is 17.5 Å². The van der Waals surface area contributed by atoms with E-state index in [-0.39, 0.29) is 0 Å². The first kappa shape index (κ1) is 19.3. The van der Waals surface area contributed by atoms with Crippen molar-refractivity contribution in [2.75, 3.05) is 26.6 Å². The topological polar surface area (TPSA) is 72.7 Å². The van der Waals surface area contributed by atoms with E-state index in [4.69, 9.17) is 9.47 Å². The molecule has 0 fully saturated rings. The maximum Gasteiger partial charge on any atom is 0.195 e. The van der Waals surface area contributed by atoms with Crippen LogP contribution in [0.3, 0.4) is 0 Å². The third-order valence-corrected chi connectivity index (χ3v) is 4.23. The number of nitrogens with zero attached hydrogens (tertiary/aromatic N) is 3. The lowest BCUT2D eigenvalue weighted by Gasteiger charge is -2.14. The van der Waals surface area contributed by atoms with E-state index >= 15 is 0 Å². The van der Waals surface area contributed by atoms with E-state index in [2.05, 4.69) is 45.0 Å². The molecule has 1 aromatic heterocycles. The molecule has 0 aliphatic carbocycles. The highest BCUT2D eigenvalue weighted by Gasteiger charge is 2.06. The largest absolute Gasteiger partial charge is 0.493 e. The third-order valence-electron chi connectivity index (χ3n) is 4.23. The summed E-state index contributed by atoms with van der Waals surface area (Å²) < 4.78 is 12.5. The molecule has 0 spiro atoms. The molecule has 1 heterocycles. The first-order valence-electron chi connectivity index (χ1n) is 8.96. The quantitative estimate of drug-likeness (QED) is 0.487. The van der Waals surface area contributed by atoms with Crippen molar-refractivity contribution in [1.82, 2.24) is 15.1 Å². The number of aliphatic imine (C=N–C) groups is 1. The Kier molecular flexibility index (Phi) is 6.51. The summed E-state index contributed by atoms with van der Waals surface area (Å²) in [5.74, 6) is 2.02. The average molecular weight is 379 g/mol. The van der Waals surface area contributed by atoms with Gasteiger partial charge < -0.3 is 20.1 Å². The Labute approximate surface area is 165 Å². The van der Waals surface area contributed by atoms with Crippen LogP contribution in [0.2, 0.25) is 0 Å². The van der Waals surface area contributed by atoms with Crippen LogP contribution in [0.4, 0.5) is 5.69 Å². The van der Waals surface area contributed by atoms with Gasteiger partial charge in [-0.25, -0.2) is 0 Å². The predicted octanol–water partition coefficient (Wildman–Crippen LogP) is 3.14. The van der Waals surface area contributed by atoms with Crippen molar-refractivity contribution in [3.63, 3.8) is 0 Å². The van der Waals surface area contributed by atoms with Crippen LogP contribution in [0.15, 0.2) is 65.9 Å². The van der Waals surface area contributed by atoms with Crippen LogP contribution in [0.5, 0.6) is 11.5 Å². The SMILES string of the molecule is CN=C(NCc1cccc(Cn2cccn2)c1)Nc1ccc(OC)c(OC)c1. The Hall–Kier alpha value is -3.48. The smallest absolute Gasteiger partial charge is 0.195 e. The molecule has 0 aliphatic rings. The number of methoxy groups -OCH3 is 2. The molecule has 146 valence electrons. The maximum absolute atomic E-state index is 5.35. The number of aromatic nitrogens is 2. The highest BCUT2D eigenvalue weighted by Crippen LogP contribution is 2.29. The third kappa shape index (κ3) is 5.03. The molecule has 0 saturated heterocycles. The van der Waals surface area contributed by atoms with Gasteiger partial charge in [-0.3, -0.25) is 9.67 Å². The van der Waals surface area contributed by atoms with Crippen LogP contribution in [0, 0.1) is 0 Å². The van der Waals surface area contributed by atoms with E-state index in [0.717, 1.165) is 12.2 Å². The molecular weight excluding hydrogens is 354 g/mol. The van der Waals surface area contributed by atoms with E-state index in [1.807, 2.05) is 35.1 Å². The minimum absolute atomic E-state index is 0.653. The summed E-state index contributed by atoms with van der Waals surface area (Å²) in [5, 5.41) is 10.9. The van der Waals surface area contributed by atoms with Gasteiger partial charge in [-0.05, 0) is 29.3 Å². The Bertz CT molecular complexity index is 922. The highest BCUT2D eigenvalue weighted by atomic mass is 16.5. The van der Waals surface area contributed by atoms with Gasteiger partial charge in [0, 0.05) is 37.7 Å². The molecule has 28 heavy (non-hydrogen) atoms. The molecule has 0 aliphatic heterocycles. The number of benzene rings is 2. The van der Waals surface area contributed by atoms with Crippen LogP contribution in [-0.4, -0.2) is 37.0 Å². The number of guanidine groups is 1. The van der Waals surface area contributed by atoms with Gasteiger partial charge in [0.05, 0.1) is 20.8 Å². The van der Waals surface area contributed by atoms with Crippen LogP contribution >= 0.6 is 0 Å². The van der Waals surface area contributed by atoms with Crippen LogP contribution in [-0.2, 0) is 13.1 Å². The molecular formula is C21H25N5O2. The summed E-state index contributed by atoms with van der Waals surface area (Å²) in [6.45, 7) is 1.40. The molecule has 0 atom stereocenters. The molecule has 3 rings (SSSR count). The van der Waals surface area contributed by atoms with Gasteiger partial charge in [0.2, 0.25) is 0 Å². The van der Waals surface area contributed by atoms with E-state index in [1.165, 1.54) is 11.1 Å². The second-order valence-electron chi connectivity index (χ2n) is 6.14. The lowest BCUT2D eigenvalue weighted by atomic mass is 10.1. The molecule has 0 amide bonds. The van der Waals surface area contributed by atoms with Gasteiger partial charge in [-0.1, -0.05) is 24.3 Å². The fraction of sp³-hybridized carbons (Fsp3) is 0.238. The maximum atomic E-state index is 5.35. The van der Waals surface area contributed by atoms with Crippen molar-refractivity contribution in [2.45, 2.75) is 13.1 Å². The Morgan fingerprint density at radius 2 is 1.86 bits per heavy atom. The first-order valence-corrected chi connectivity index (χ1v) is 8.96. The van der Waals surface area contributed by atoms with Gasteiger partial charge in [0.1, 0.15) is 0 Å². The van der Waals surface area contributed by atoms with E-state index in [0.29, 0.717) is 24.0 Å². The zero-order valence-electron chi connectivity index (χ0n) is 16.3. The van der Waals surface area contributed by atoms with Crippen molar-refractivity contribution < 1.29 is 9.47 Å². The number of nitrogens with one attached hydrogen (secondary N) is 2. The molecule has 0 radical (unpaired) electrons. The lowest BCUT2D eigenvalue weighted by Crippen LogP contribution is -2.30. The van der Waals surface area contributed by atoms with Gasteiger partial charge in [-0.15, -0.1) is 0 Å². The molecule has 7 heteroatoms. The highest BCUT2D eigenvalue weighted by molar-refractivity contribution is 5.93. The molecule has 2 N–H and O–H groups in total. The van der Waals surface area contributed by atoms with Crippen molar-refractivity contribution in [1.29, 1.82) is 0 Å². The Morgan fingerprint density at radius 3 is 2.57 bits per heavy atom. The van der Waals surface area contributed by atoms with Crippen molar-refractivity contribution in [2.24, 2.45) is 4.99 Å². The standard InChI is InChI=1S/C21H25N5O2/c1-22-21(25-18-8-9-19(27-2)20(13-18)28-3)23-14-16-6-4-7-17(12-16)15-26-11-5-10-24-26/h4-13H,14-15H2,1-3H3,(H2,22,23,25). The van der Waals surface area contributed by atoms with E-state index in [9.17, 15) is 0 Å². The Morgan fingerprint density at radius 1 is 1.04 bits per heavy atom. The van der Waals surface area contributed by atoms with E-state index in [1.54, 1.807) is 27.5 Å². The van der Waals surface area contributed by atoms with Crippen molar-refractivity contribution >= 4 is 11.6 Å². The summed E-state index contributed by atoms with van der Waals surface area (Å²) >= 11 is 0. The van der Waals surface area contributed by atoms with Gasteiger partial charge >= 0.3 is 0 Å². The molecule has 0 bridgehead atoms. The van der Waals surface area contributed by atoms with Crippen LogP contribution < -0.4 is 20.1 Å². The molecule has 2 aromatic carbocycles. The zero-order chi connectivity index (χ0) is 19.8. The zero-order valence-corrected chi connectivity index (χ0v) is 16.3. The fourth-order valence-corrected chi connectivity index (χ4v) is 2.83. The molecule has 0 saturated carbocycles. The minimum Gasteiger partial charge on any atom is -0.493 e. The predicted molar refractivity (Wildman–Crippen MR) is 111 cm³/mol. The summed E-state index contributed by atoms with van der Waals surface area (Å²) in [7, 11) is 4.97. The summed E-state index contributed by atoms with van der Waals surface area (Å²) in [5.41, 5.74) is 3.23. The van der Waals surface area contributed by atoms with Crippen molar-refractivity contribution in [3.05, 3.63) is 72.1 Å². The first-order chi connectivity index (χ1) is 13.7. The van der Waals surface area contributed by atoms with Crippen molar-refractivity contribution in [3.8, 4) is 11.5 Å². The summed E-state index contributed by atoms with van der Waals surface area (Å²) in [6.07, 6.45) is 3.75. The monoisotopic (exact) mass is 379 g/mol. The number of ether oxygens (including phenoxy) is 2. The second kappa shape index (κ2) is 9.45. The number of hydrogen-bond acceptors (Lipinski definition) is 4. The van der Waals surface area contributed by atoms with E-state index < -0.39 is 0 Å². The number of anilines is 1. The number of hydrogen-bond donors (Lipinski definition) is 2. The molecule has 7 nitrogen and oxygen atoms in total. The lowest BCUT2D eigenvalue weighted by molar-refractivity contribution is 0.355. The Balaban J connectivity index is 1.61. The average Bonchev–Trinajstić information content (AvgIpc) is 3.24. The second-order valence-corrected chi connectivity index (χ2v) is 6.14. The summed E-state index contributed by atoms with van der Waals surface area (Å²) in [4.78, 5) is 4.29. The molecule has 0 unspecified atom stereocenters. The minimum atomic E-state index is 0.653. The fourth-order valence-electron chi connectivity index (χ4n) is 2.83. The van der Waals surface area contributed by atoms with Crippen LogP contribution in [0.25, 0.3) is 0 Å².